The van der Waals surface area contributed by atoms with Gasteiger partial charge in [-0.05, 0) is 61.9 Å². The molecule has 0 radical (unpaired) electrons. The third-order valence-electron chi connectivity index (χ3n) is 7.77. The van der Waals surface area contributed by atoms with Crippen molar-refractivity contribution in [2.24, 2.45) is 0 Å². The highest BCUT2D eigenvalue weighted by molar-refractivity contribution is 6.00. The number of nitrogens with zero attached hydrogens (tertiary/aromatic N) is 2. The Morgan fingerprint density at radius 1 is 1.05 bits per heavy atom. The Morgan fingerprint density at radius 3 is 2.48 bits per heavy atom. The summed E-state index contributed by atoms with van der Waals surface area (Å²) in [6.45, 7) is 3.77. The Balaban J connectivity index is 1.30. The number of nitrogens with one attached hydrogen (secondary N) is 2. The molecule has 3 saturated heterocycles. The summed E-state index contributed by atoms with van der Waals surface area (Å²) in [5, 5.41) is 18.0. The van der Waals surface area contributed by atoms with Gasteiger partial charge in [0.05, 0.1) is 13.0 Å². The van der Waals surface area contributed by atoms with Gasteiger partial charge in [0.15, 0.2) is 0 Å². The number of aromatic hydroxyl groups is 1. The molecule has 12 heteroatoms. The van der Waals surface area contributed by atoms with E-state index >= 15 is 0 Å². The fourth-order valence-corrected chi connectivity index (χ4v) is 5.57. The van der Waals surface area contributed by atoms with Gasteiger partial charge >= 0.3 is 5.97 Å². The molecular weight excluding hydrogens is 544 g/mol. The molecule has 3 fully saturated rings. The van der Waals surface area contributed by atoms with Crippen LogP contribution in [0.15, 0.2) is 42.5 Å². The van der Waals surface area contributed by atoms with Crippen LogP contribution in [-0.4, -0.2) is 75.7 Å². The molecule has 0 bridgehead atoms. The number of hydrazine groups is 1. The number of carbonyl (C=O) groups excluding carboxylic acids is 5. The van der Waals surface area contributed by atoms with Crippen molar-refractivity contribution in [3.05, 3.63) is 64.7 Å². The molecule has 0 saturated carbocycles. The van der Waals surface area contributed by atoms with Crippen LogP contribution in [0.2, 0.25) is 0 Å². The van der Waals surface area contributed by atoms with E-state index in [0.717, 1.165) is 10.6 Å². The molecule has 0 spiro atoms. The van der Waals surface area contributed by atoms with Gasteiger partial charge in [-0.1, -0.05) is 30.3 Å². The van der Waals surface area contributed by atoms with E-state index < -0.39 is 48.1 Å². The van der Waals surface area contributed by atoms with Crippen LogP contribution >= 0.6 is 0 Å². The molecule has 0 aromatic heterocycles. The van der Waals surface area contributed by atoms with Crippen molar-refractivity contribution < 1.29 is 38.6 Å². The second-order valence-corrected chi connectivity index (χ2v) is 10.9. The van der Waals surface area contributed by atoms with Crippen LogP contribution in [0, 0.1) is 13.8 Å². The molecule has 2 aromatic rings. The van der Waals surface area contributed by atoms with Gasteiger partial charge in [-0.3, -0.25) is 29.0 Å². The van der Waals surface area contributed by atoms with E-state index in [1.165, 1.54) is 17.1 Å². The first-order valence-electron chi connectivity index (χ1n) is 14.0. The van der Waals surface area contributed by atoms with Crippen molar-refractivity contribution in [2.75, 3.05) is 6.54 Å². The monoisotopic (exact) mass is 578 g/mol. The van der Waals surface area contributed by atoms with E-state index in [-0.39, 0.29) is 56.1 Å². The Hall–Kier alpha value is -4.45. The van der Waals surface area contributed by atoms with Crippen molar-refractivity contribution in [2.45, 2.75) is 77.0 Å². The van der Waals surface area contributed by atoms with Crippen molar-refractivity contribution in [3.63, 3.8) is 0 Å². The first-order chi connectivity index (χ1) is 20.1. The van der Waals surface area contributed by atoms with Crippen LogP contribution < -0.4 is 10.6 Å². The molecule has 2 aromatic carbocycles. The van der Waals surface area contributed by atoms with Gasteiger partial charge in [0.2, 0.25) is 18.1 Å². The maximum atomic E-state index is 13.8. The lowest BCUT2D eigenvalue weighted by atomic mass is 10.0. The van der Waals surface area contributed by atoms with Crippen molar-refractivity contribution in [1.29, 1.82) is 0 Å². The van der Waals surface area contributed by atoms with Crippen molar-refractivity contribution in [3.8, 4) is 5.75 Å². The van der Waals surface area contributed by atoms with E-state index in [1.54, 1.807) is 13.8 Å². The number of rotatable bonds is 7. The number of carbonyl (C=O) groups is 5. The second kappa shape index (κ2) is 12.2. The van der Waals surface area contributed by atoms with Crippen LogP contribution in [0.4, 0.5) is 0 Å². The van der Waals surface area contributed by atoms with Crippen LogP contribution in [0.1, 0.15) is 59.2 Å². The van der Waals surface area contributed by atoms with Gasteiger partial charge in [-0.25, -0.2) is 5.01 Å². The zero-order valence-corrected chi connectivity index (χ0v) is 23.5. The summed E-state index contributed by atoms with van der Waals surface area (Å²) in [4.78, 5) is 65.6. The molecule has 3 aliphatic rings. The first-order valence-corrected chi connectivity index (χ1v) is 14.0. The number of hydrogen-bond donors (Lipinski definition) is 3. The lowest BCUT2D eigenvalue weighted by Crippen LogP contribution is -2.64. The highest BCUT2D eigenvalue weighted by atomic mass is 16.7. The minimum Gasteiger partial charge on any atom is -0.507 e. The van der Waals surface area contributed by atoms with E-state index in [1.807, 2.05) is 30.3 Å². The summed E-state index contributed by atoms with van der Waals surface area (Å²) < 4.78 is 11.1. The average Bonchev–Trinajstić information content (AvgIpc) is 3.28. The number of esters is 1. The topological polar surface area (TPSA) is 155 Å². The van der Waals surface area contributed by atoms with Gasteiger partial charge in [-0.15, -0.1) is 0 Å². The predicted molar refractivity (Wildman–Crippen MR) is 147 cm³/mol. The number of aryl methyl sites for hydroxylation is 2. The smallest absolute Gasteiger partial charge is 0.310 e. The lowest BCUT2D eigenvalue weighted by Gasteiger charge is -2.43. The summed E-state index contributed by atoms with van der Waals surface area (Å²) >= 11 is 0. The first kappa shape index (κ1) is 29.1. The molecule has 5 rings (SSSR count). The third kappa shape index (κ3) is 6.08. The van der Waals surface area contributed by atoms with Crippen LogP contribution in [0.3, 0.4) is 0 Å². The molecule has 222 valence electrons. The minimum atomic E-state index is -1.05. The normalized spacial score (nSPS) is 24.1. The largest absolute Gasteiger partial charge is 0.507 e. The maximum Gasteiger partial charge on any atom is 0.310 e. The Kier molecular flexibility index (Phi) is 8.44. The quantitative estimate of drug-likeness (QED) is 0.419. The number of fused-ring (bicyclic) bond motifs is 1. The Bertz CT molecular complexity index is 1370. The van der Waals surface area contributed by atoms with Crippen molar-refractivity contribution in [1.82, 2.24) is 20.7 Å². The molecule has 4 amide bonds. The molecule has 3 heterocycles. The van der Waals surface area contributed by atoms with Gasteiger partial charge < -0.3 is 25.2 Å². The molecule has 0 unspecified atom stereocenters. The number of phenolic OH excluding ortho intramolecular Hbond substituents is 1. The Morgan fingerprint density at radius 2 is 1.76 bits per heavy atom. The predicted octanol–water partition coefficient (Wildman–Crippen LogP) is 1.61. The Labute approximate surface area is 242 Å². The molecule has 0 aliphatic carbocycles. The minimum absolute atomic E-state index is 0.00945. The van der Waals surface area contributed by atoms with Gasteiger partial charge in [-0.2, -0.15) is 0 Å². The number of benzene rings is 2. The van der Waals surface area contributed by atoms with E-state index in [0.29, 0.717) is 17.5 Å². The van der Waals surface area contributed by atoms with Crippen LogP contribution in [0.5, 0.6) is 5.75 Å². The zero-order valence-electron chi connectivity index (χ0n) is 23.5. The summed E-state index contributed by atoms with van der Waals surface area (Å²) in [6, 6.07) is 9.50. The molecule has 3 N–H and O–H groups in total. The fourth-order valence-electron chi connectivity index (χ4n) is 5.57. The van der Waals surface area contributed by atoms with Crippen LogP contribution in [-0.2, 0) is 35.3 Å². The highest BCUT2D eigenvalue weighted by Gasteiger charge is 2.46. The lowest BCUT2D eigenvalue weighted by molar-refractivity contribution is -0.177. The highest BCUT2D eigenvalue weighted by Crippen LogP contribution is 2.27. The van der Waals surface area contributed by atoms with Gasteiger partial charge in [0.25, 0.3) is 11.8 Å². The average molecular weight is 579 g/mol. The van der Waals surface area contributed by atoms with E-state index in [2.05, 4.69) is 10.6 Å². The standard InChI is InChI=1S/C30H34N4O8/c1-17-13-20(14-18(2)26(17)37)27(38)31-21-10-11-24(35)33-12-6-9-23(34(33)29(21)40)28(39)32-22-15-25(36)42-30(22)41-16-19-7-4-3-5-8-19/h3-5,7-8,13-14,21-23,30,37H,6,9-12,15-16H2,1-2H3,(H,31,38)(H,32,39)/t21-,22-,23-,30-/m0/s1. The van der Waals surface area contributed by atoms with E-state index in [4.69, 9.17) is 9.47 Å². The summed E-state index contributed by atoms with van der Waals surface area (Å²) in [5.41, 5.74) is 2.17. The number of amides is 4. The molecular formula is C30H34N4O8. The summed E-state index contributed by atoms with van der Waals surface area (Å²) in [7, 11) is 0. The van der Waals surface area contributed by atoms with Gasteiger partial charge in [0.1, 0.15) is 23.9 Å². The summed E-state index contributed by atoms with van der Waals surface area (Å²) in [6.07, 6.45) is -0.248. The van der Waals surface area contributed by atoms with Crippen molar-refractivity contribution >= 4 is 29.6 Å². The maximum absolute atomic E-state index is 13.8. The second-order valence-electron chi connectivity index (χ2n) is 10.9. The van der Waals surface area contributed by atoms with Gasteiger partial charge in [0, 0.05) is 18.5 Å². The number of hydrogen-bond acceptors (Lipinski definition) is 8. The molecule has 3 aliphatic heterocycles. The molecule has 4 atom stereocenters. The summed E-state index contributed by atoms with van der Waals surface area (Å²) in [5.74, 6) is -2.41. The molecule has 12 nitrogen and oxygen atoms in total. The number of cyclic esters (lactones) is 1. The zero-order chi connectivity index (χ0) is 30.0. The van der Waals surface area contributed by atoms with Crippen LogP contribution in [0.25, 0.3) is 0 Å². The number of ether oxygens (including phenoxy) is 2. The fraction of sp³-hybridized carbons (Fsp3) is 0.433. The van der Waals surface area contributed by atoms with E-state index in [9.17, 15) is 29.1 Å². The number of phenols is 1. The third-order valence-corrected chi connectivity index (χ3v) is 7.77. The SMILES string of the molecule is Cc1cc(C(=O)N[C@H]2CCC(=O)N3CCC[C@@H](C(=O)N[C@H]4CC(=O)O[C@@H]4OCc4ccccc4)N3C2=O)cc(C)c1O. The molecule has 42 heavy (non-hydrogen) atoms.